The quantitative estimate of drug-likeness (QED) is 0.568. The molecule has 0 radical (unpaired) electrons. The summed E-state index contributed by atoms with van der Waals surface area (Å²) in [5.41, 5.74) is 2.17. The number of aliphatic hydroxyl groups is 1. The molecule has 0 fully saturated rings. The molecule has 3 aromatic rings. The van der Waals surface area contributed by atoms with Crippen LogP contribution < -0.4 is 14.8 Å². The maximum absolute atomic E-state index is 11.5. The van der Waals surface area contributed by atoms with Crippen molar-refractivity contribution in [3.8, 4) is 11.5 Å². The minimum Gasteiger partial charge on any atom is -0.497 e. The maximum atomic E-state index is 11.5. The number of ether oxygens (including phenoxy) is 2. The van der Waals surface area contributed by atoms with Gasteiger partial charge in [-0.15, -0.1) is 0 Å². The third-order valence-electron chi connectivity index (χ3n) is 5.17. The van der Waals surface area contributed by atoms with E-state index in [-0.39, 0.29) is 5.92 Å². The molecule has 0 saturated carbocycles. The molecule has 1 atom stereocenters. The van der Waals surface area contributed by atoms with Gasteiger partial charge in [-0.05, 0) is 36.2 Å². The number of hydrogen-bond acceptors (Lipinski definition) is 4. The van der Waals surface area contributed by atoms with E-state index >= 15 is 0 Å². The summed E-state index contributed by atoms with van der Waals surface area (Å²) in [5.74, 6) is 1.42. The molecule has 0 heterocycles. The highest BCUT2D eigenvalue weighted by molar-refractivity contribution is 5.40. The highest BCUT2D eigenvalue weighted by atomic mass is 16.5. The van der Waals surface area contributed by atoms with Crippen LogP contribution in [0.15, 0.2) is 78.9 Å². The molecule has 0 bridgehead atoms. The van der Waals surface area contributed by atoms with Crippen molar-refractivity contribution in [2.24, 2.45) is 0 Å². The number of methoxy groups -OCH3 is 2. The maximum Gasteiger partial charge on any atom is 0.123 e. The standard InChI is InChI=1S/C25H29NO3/c1-25(27,18-26-17-21-16-22(28-2)14-15-23(21)29-3)24(19-10-6-4-7-11-19)20-12-8-5-9-13-20/h4-16,24,26-27H,17-18H2,1-3H3/t25-/m0/s1. The SMILES string of the molecule is COc1ccc(OC)c(CNC[C@](C)(O)C(c2ccccc2)c2ccccc2)c1. The Kier molecular flexibility index (Phi) is 6.91. The zero-order valence-corrected chi connectivity index (χ0v) is 17.3. The largest absolute Gasteiger partial charge is 0.497 e. The first-order valence-electron chi connectivity index (χ1n) is 9.79. The van der Waals surface area contributed by atoms with E-state index in [2.05, 4.69) is 29.6 Å². The minimum absolute atomic E-state index is 0.149. The number of benzene rings is 3. The molecular formula is C25H29NO3. The molecule has 4 heteroatoms. The van der Waals surface area contributed by atoms with E-state index in [0.29, 0.717) is 13.1 Å². The second-order valence-corrected chi connectivity index (χ2v) is 7.39. The van der Waals surface area contributed by atoms with Crippen LogP contribution >= 0.6 is 0 Å². The van der Waals surface area contributed by atoms with Gasteiger partial charge in [-0.1, -0.05) is 60.7 Å². The molecule has 152 valence electrons. The van der Waals surface area contributed by atoms with Gasteiger partial charge in [0.15, 0.2) is 0 Å². The molecule has 29 heavy (non-hydrogen) atoms. The fourth-order valence-corrected chi connectivity index (χ4v) is 3.77. The predicted octanol–water partition coefficient (Wildman–Crippen LogP) is 4.38. The van der Waals surface area contributed by atoms with Gasteiger partial charge in [0, 0.05) is 24.6 Å². The number of hydrogen-bond donors (Lipinski definition) is 2. The lowest BCUT2D eigenvalue weighted by atomic mass is 9.78. The van der Waals surface area contributed by atoms with Crippen molar-refractivity contribution in [3.05, 3.63) is 95.6 Å². The number of rotatable bonds is 9. The smallest absolute Gasteiger partial charge is 0.123 e. The van der Waals surface area contributed by atoms with Gasteiger partial charge < -0.3 is 19.9 Å². The molecule has 0 aromatic heterocycles. The summed E-state index contributed by atoms with van der Waals surface area (Å²) >= 11 is 0. The van der Waals surface area contributed by atoms with Gasteiger partial charge in [-0.3, -0.25) is 0 Å². The van der Waals surface area contributed by atoms with Crippen LogP contribution in [-0.2, 0) is 6.54 Å². The third kappa shape index (κ3) is 5.17. The van der Waals surface area contributed by atoms with E-state index in [1.54, 1.807) is 14.2 Å². The Hall–Kier alpha value is -2.82. The zero-order chi connectivity index (χ0) is 20.7. The topological polar surface area (TPSA) is 50.7 Å². The normalized spacial score (nSPS) is 13.1. The lowest BCUT2D eigenvalue weighted by molar-refractivity contribution is 0.0425. The predicted molar refractivity (Wildman–Crippen MR) is 117 cm³/mol. The molecule has 0 aliphatic heterocycles. The monoisotopic (exact) mass is 391 g/mol. The van der Waals surface area contributed by atoms with Crippen LogP contribution in [-0.4, -0.2) is 31.5 Å². The summed E-state index contributed by atoms with van der Waals surface area (Å²) in [4.78, 5) is 0. The lowest BCUT2D eigenvalue weighted by Gasteiger charge is -2.34. The van der Waals surface area contributed by atoms with Crippen molar-refractivity contribution < 1.29 is 14.6 Å². The third-order valence-corrected chi connectivity index (χ3v) is 5.17. The van der Waals surface area contributed by atoms with Crippen LogP contribution in [0.2, 0.25) is 0 Å². The van der Waals surface area contributed by atoms with E-state index in [9.17, 15) is 5.11 Å². The van der Waals surface area contributed by atoms with E-state index in [4.69, 9.17) is 9.47 Å². The Morgan fingerprint density at radius 1 is 0.862 bits per heavy atom. The highest BCUT2D eigenvalue weighted by Crippen LogP contribution is 2.34. The van der Waals surface area contributed by atoms with Crippen molar-refractivity contribution in [3.63, 3.8) is 0 Å². The summed E-state index contributed by atoms with van der Waals surface area (Å²) in [6.45, 7) is 2.86. The van der Waals surface area contributed by atoms with Crippen molar-refractivity contribution in [1.82, 2.24) is 5.32 Å². The molecule has 0 saturated heterocycles. The summed E-state index contributed by atoms with van der Waals surface area (Å²) in [6.07, 6.45) is 0. The van der Waals surface area contributed by atoms with Gasteiger partial charge >= 0.3 is 0 Å². The van der Waals surface area contributed by atoms with Crippen LogP contribution in [0.5, 0.6) is 11.5 Å². The average Bonchev–Trinajstić information content (AvgIpc) is 2.75. The van der Waals surface area contributed by atoms with Crippen LogP contribution in [0.3, 0.4) is 0 Å². The van der Waals surface area contributed by atoms with Crippen LogP contribution in [0.1, 0.15) is 29.5 Å². The van der Waals surface area contributed by atoms with Crippen LogP contribution in [0.25, 0.3) is 0 Å². The molecule has 0 amide bonds. The summed E-state index contributed by atoms with van der Waals surface area (Å²) in [5, 5.41) is 14.9. The Labute approximate surface area is 173 Å². The Bertz CT molecular complexity index is 855. The van der Waals surface area contributed by atoms with E-state index in [0.717, 1.165) is 28.2 Å². The molecule has 3 aromatic carbocycles. The Balaban J connectivity index is 1.79. The molecule has 2 N–H and O–H groups in total. The highest BCUT2D eigenvalue weighted by Gasteiger charge is 2.34. The fourth-order valence-electron chi connectivity index (χ4n) is 3.77. The zero-order valence-electron chi connectivity index (χ0n) is 17.3. The van der Waals surface area contributed by atoms with E-state index in [1.165, 1.54) is 0 Å². The first-order valence-corrected chi connectivity index (χ1v) is 9.79. The fraction of sp³-hybridized carbons (Fsp3) is 0.280. The second-order valence-electron chi connectivity index (χ2n) is 7.39. The molecular weight excluding hydrogens is 362 g/mol. The van der Waals surface area contributed by atoms with Crippen molar-refractivity contribution >= 4 is 0 Å². The molecule has 3 rings (SSSR count). The molecule has 4 nitrogen and oxygen atoms in total. The average molecular weight is 392 g/mol. The second kappa shape index (κ2) is 9.59. The minimum atomic E-state index is -0.991. The number of nitrogens with one attached hydrogen (secondary N) is 1. The first kappa shape index (κ1) is 20.9. The molecule has 0 unspecified atom stereocenters. The van der Waals surface area contributed by atoms with Gasteiger partial charge in [0.05, 0.1) is 19.8 Å². The Morgan fingerprint density at radius 2 is 1.45 bits per heavy atom. The van der Waals surface area contributed by atoms with E-state index in [1.807, 2.05) is 61.5 Å². The summed E-state index contributed by atoms with van der Waals surface area (Å²) in [6, 6.07) is 26.0. The molecule has 0 aliphatic carbocycles. The van der Waals surface area contributed by atoms with E-state index < -0.39 is 5.60 Å². The molecule has 0 aliphatic rings. The van der Waals surface area contributed by atoms with Gasteiger partial charge in [-0.2, -0.15) is 0 Å². The first-order chi connectivity index (χ1) is 14.0. The van der Waals surface area contributed by atoms with Crippen LogP contribution in [0, 0.1) is 0 Å². The summed E-state index contributed by atoms with van der Waals surface area (Å²) < 4.78 is 10.8. The van der Waals surface area contributed by atoms with Gasteiger partial charge in [0.1, 0.15) is 11.5 Å². The molecule has 0 spiro atoms. The summed E-state index contributed by atoms with van der Waals surface area (Å²) in [7, 11) is 3.30. The lowest BCUT2D eigenvalue weighted by Crippen LogP contribution is -2.43. The van der Waals surface area contributed by atoms with Gasteiger partial charge in [0.25, 0.3) is 0 Å². The van der Waals surface area contributed by atoms with Crippen molar-refractivity contribution in [1.29, 1.82) is 0 Å². The van der Waals surface area contributed by atoms with Crippen LogP contribution in [0.4, 0.5) is 0 Å². The van der Waals surface area contributed by atoms with Gasteiger partial charge in [-0.25, -0.2) is 0 Å². The van der Waals surface area contributed by atoms with Gasteiger partial charge in [0.2, 0.25) is 0 Å². The Morgan fingerprint density at radius 3 is 1.97 bits per heavy atom. The van der Waals surface area contributed by atoms with Crippen molar-refractivity contribution in [2.45, 2.75) is 25.0 Å². The van der Waals surface area contributed by atoms with Crippen molar-refractivity contribution in [2.75, 3.05) is 20.8 Å².